The molecule has 3 heteroatoms. The molecule has 1 aromatic rings. The lowest BCUT2D eigenvalue weighted by atomic mass is 10.3. The highest BCUT2D eigenvalue weighted by Crippen LogP contribution is 2.13. The zero-order valence-corrected chi connectivity index (χ0v) is 6.24. The average molecular weight is 148 g/mol. The lowest BCUT2D eigenvalue weighted by Crippen LogP contribution is -1.94. The predicted octanol–water partition coefficient (Wildman–Crippen LogP) is 1.35. The molecular weight excluding hydrogens is 140 g/mol. The topological polar surface area (TPSA) is 45.9 Å². The molecule has 0 fully saturated rings. The van der Waals surface area contributed by atoms with Crippen molar-refractivity contribution in [2.45, 2.75) is 6.92 Å². The Hall–Kier alpha value is -1.56. The maximum Gasteiger partial charge on any atom is 0.155 e. The molecule has 3 nitrogen and oxygen atoms in total. The molecule has 0 aliphatic rings. The van der Waals surface area contributed by atoms with Gasteiger partial charge in [-0.15, -0.1) is 0 Å². The van der Waals surface area contributed by atoms with Crippen molar-refractivity contribution in [3.05, 3.63) is 24.0 Å². The maximum atomic E-state index is 8.59. The summed E-state index contributed by atoms with van der Waals surface area (Å²) >= 11 is 0. The molecule has 0 radical (unpaired) electrons. The van der Waals surface area contributed by atoms with E-state index in [0.717, 1.165) is 0 Å². The van der Waals surface area contributed by atoms with Crippen LogP contribution in [0, 0.1) is 11.3 Å². The van der Waals surface area contributed by atoms with Crippen molar-refractivity contribution < 1.29 is 4.74 Å². The van der Waals surface area contributed by atoms with E-state index in [-0.39, 0.29) is 0 Å². The fourth-order valence-corrected chi connectivity index (χ4v) is 0.743. The monoisotopic (exact) mass is 148 g/mol. The number of hydrogen-bond donors (Lipinski definition) is 0. The van der Waals surface area contributed by atoms with Crippen LogP contribution in [0.1, 0.15) is 12.5 Å². The Bertz CT molecular complexity index is 278. The van der Waals surface area contributed by atoms with Gasteiger partial charge in [0.15, 0.2) is 5.75 Å². The predicted molar refractivity (Wildman–Crippen MR) is 40.1 cm³/mol. The van der Waals surface area contributed by atoms with Crippen LogP contribution >= 0.6 is 0 Å². The van der Waals surface area contributed by atoms with Gasteiger partial charge in [-0.25, -0.2) is 0 Å². The Labute approximate surface area is 65.3 Å². The summed E-state index contributed by atoms with van der Waals surface area (Å²) in [5.74, 6) is 0.553. The van der Waals surface area contributed by atoms with Gasteiger partial charge in [-0.05, 0) is 13.0 Å². The van der Waals surface area contributed by atoms with Crippen LogP contribution in [0.2, 0.25) is 0 Å². The van der Waals surface area contributed by atoms with Gasteiger partial charge in [-0.2, -0.15) is 5.26 Å². The molecule has 0 aliphatic heterocycles. The summed E-state index contributed by atoms with van der Waals surface area (Å²) in [5, 5.41) is 8.59. The second kappa shape index (κ2) is 3.57. The van der Waals surface area contributed by atoms with Crippen LogP contribution in [0.4, 0.5) is 0 Å². The Morgan fingerprint density at radius 3 is 3.18 bits per heavy atom. The third kappa shape index (κ3) is 1.68. The summed E-state index contributed by atoms with van der Waals surface area (Å²) in [6.07, 6.45) is 3.11. The molecule has 0 spiro atoms. The van der Waals surface area contributed by atoms with Crippen LogP contribution in [0.25, 0.3) is 0 Å². The SMILES string of the molecule is CCOc1cnccc1C#N. The van der Waals surface area contributed by atoms with Gasteiger partial charge in [-0.3, -0.25) is 4.98 Å². The number of nitrogens with zero attached hydrogens (tertiary/aromatic N) is 2. The Morgan fingerprint density at radius 2 is 2.55 bits per heavy atom. The minimum atomic E-state index is 0.529. The Balaban J connectivity index is 2.95. The van der Waals surface area contributed by atoms with E-state index >= 15 is 0 Å². The van der Waals surface area contributed by atoms with E-state index in [1.807, 2.05) is 13.0 Å². The highest BCUT2D eigenvalue weighted by atomic mass is 16.5. The van der Waals surface area contributed by atoms with Crippen molar-refractivity contribution >= 4 is 0 Å². The quantitative estimate of drug-likeness (QED) is 0.636. The molecule has 0 saturated heterocycles. The van der Waals surface area contributed by atoms with E-state index in [9.17, 15) is 0 Å². The van der Waals surface area contributed by atoms with E-state index in [0.29, 0.717) is 17.9 Å². The smallest absolute Gasteiger partial charge is 0.155 e. The zero-order valence-electron chi connectivity index (χ0n) is 6.24. The highest BCUT2D eigenvalue weighted by molar-refractivity contribution is 5.39. The van der Waals surface area contributed by atoms with Crippen LogP contribution in [0.15, 0.2) is 18.5 Å². The molecule has 0 aromatic carbocycles. The standard InChI is InChI=1S/C8H8N2O/c1-2-11-8-6-10-4-3-7(8)5-9/h3-4,6H,2H2,1H3. The number of ether oxygens (including phenoxy) is 1. The van der Waals surface area contributed by atoms with Crippen molar-refractivity contribution in [3.63, 3.8) is 0 Å². The van der Waals surface area contributed by atoms with Gasteiger partial charge in [-0.1, -0.05) is 0 Å². The first-order valence-corrected chi connectivity index (χ1v) is 3.35. The van der Waals surface area contributed by atoms with Crippen molar-refractivity contribution in [2.24, 2.45) is 0 Å². The Morgan fingerprint density at radius 1 is 1.73 bits per heavy atom. The number of nitriles is 1. The molecule has 56 valence electrons. The highest BCUT2D eigenvalue weighted by Gasteiger charge is 1.99. The van der Waals surface area contributed by atoms with Crippen molar-refractivity contribution in [1.29, 1.82) is 5.26 Å². The van der Waals surface area contributed by atoms with E-state index < -0.39 is 0 Å². The van der Waals surface area contributed by atoms with Crippen molar-refractivity contribution in [2.75, 3.05) is 6.61 Å². The van der Waals surface area contributed by atoms with Crippen LogP contribution in [0.5, 0.6) is 5.75 Å². The van der Waals surface area contributed by atoms with Crippen molar-refractivity contribution in [1.82, 2.24) is 4.98 Å². The van der Waals surface area contributed by atoms with Gasteiger partial charge in [0.25, 0.3) is 0 Å². The van der Waals surface area contributed by atoms with Gasteiger partial charge >= 0.3 is 0 Å². The van der Waals surface area contributed by atoms with Gasteiger partial charge < -0.3 is 4.74 Å². The lowest BCUT2D eigenvalue weighted by molar-refractivity contribution is 0.338. The minimum absolute atomic E-state index is 0.529. The average Bonchev–Trinajstić information content (AvgIpc) is 2.06. The summed E-state index contributed by atoms with van der Waals surface area (Å²) in [6, 6.07) is 3.65. The first kappa shape index (κ1) is 7.55. The van der Waals surface area contributed by atoms with Gasteiger partial charge in [0.05, 0.1) is 18.4 Å². The molecule has 0 N–H and O–H groups in total. The first-order chi connectivity index (χ1) is 5.38. The lowest BCUT2D eigenvalue weighted by Gasteiger charge is -2.01. The summed E-state index contributed by atoms with van der Waals surface area (Å²) in [7, 11) is 0. The largest absolute Gasteiger partial charge is 0.491 e. The summed E-state index contributed by atoms with van der Waals surface area (Å²) in [5.41, 5.74) is 0.529. The Kier molecular flexibility index (Phi) is 2.45. The molecule has 0 bridgehead atoms. The second-order valence-electron chi connectivity index (χ2n) is 1.92. The van der Waals surface area contributed by atoms with Gasteiger partial charge in [0.1, 0.15) is 6.07 Å². The van der Waals surface area contributed by atoms with E-state index in [4.69, 9.17) is 10.00 Å². The number of pyridine rings is 1. The number of hydrogen-bond acceptors (Lipinski definition) is 3. The molecule has 11 heavy (non-hydrogen) atoms. The molecule has 1 heterocycles. The molecule has 0 unspecified atom stereocenters. The van der Waals surface area contributed by atoms with E-state index in [1.165, 1.54) is 0 Å². The molecular formula is C8H8N2O. The van der Waals surface area contributed by atoms with Crippen molar-refractivity contribution in [3.8, 4) is 11.8 Å². The summed E-state index contributed by atoms with van der Waals surface area (Å²) < 4.78 is 5.14. The van der Waals surface area contributed by atoms with Crippen LogP contribution in [0.3, 0.4) is 0 Å². The summed E-state index contributed by atoms with van der Waals surface area (Å²) in [6.45, 7) is 2.43. The fourth-order valence-electron chi connectivity index (χ4n) is 0.743. The number of rotatable bonds is 2. The second-order valence-corrected chi connectivity index (χ2v) is 1.92. The molecule has 0 atom stereocenters. The molecule has 0 aliphatic carbocycles. The third-order valence-corrected chi connectivity index (χ3v) is 1.20. The summed E-state index contributed by atoms with van der Waals surface area (Å²) in [4.78, 5) is 3.84. The molecule has 1 rings (SSSR count). The normalized spacial score (nSPS) is 8.73. The van der Waals surface area contributed by atoms with E-state index in [2.05, 4.69) is 4.98 Å². The van der Waals surface area contributed by atoms with E-state index in [1.54, 1.807) is 18.5 Å². The number of aromatic nitrogens is 1. The zero-order chi connectivity index (χ0) is 8.10. The van der Waals surface area contributed by atoms with Crippen LogP contribution < -0.4 is 4.74 Å². The first-order valence-electron chi connectivity index (χ1n) is 3.35. The van der Waals surface area contributed by atoms with Gasteiger partial charge in [0.2, 0.25) is 0 Å². The molecule has 1 aromatic heterocycles. The third-order valence-electron chi connectivity index (χ3n) is 1.20. The molecule has 0 amide bonds. The molecule has 0 saturated carbocycles. The van der Waals surface area contributed by atoms with Crippen LogP contribution in [-0.2, 0) is 0 Å². The van der Waals surface area contributed by atoms with Crippen LogP contribution in [-0.4, -0.2) is 11.6 Å². The fraction of sp³-hybridized carbons (Fsp3) is 0.250. The minimum Gasteiger partial charge on any atom is -0.491 e. The van der Waals surface area contributed by atoms with Gasteiger partial charge in [0, 0.05) is 6.20 Å². The maximum absolute atomic E-state index is 8.59.